The normalized spacial score (nSPS) is 21.0. The molecule has 0 saturated carbocycles. The van der Waals surface area contributed by atoms with Crippen LogP contribution in [0.25, 0.3) is 0 Å². The van der Waals surface area contributed by atoms with Gasteiger partial charge in [0, 0.05) is 24.7 Å². The molecular weight excluding hydrogens is 236 g/mol. The molecule has 0 amide bonds. The summed E-state index contributed by atoms with van der Waals surface area (Å²) in [5.41, 5.74) is 0.113. The molecule has 0 radical (unpaired) electrons. The van der Waals surface area contributed by atoms with E-state index in [-0.39, 0.29) is 11.5 Å². The highest BCUT2D eigenvalue weighted by atomic mass is 28.4. The van der Waals surface area contributed by atoms with E-state index in [0.29, 0.717) is 13.2 Å². The number of hydrogen-bond donors (Lipinski definition) is 0. The fraction of sp³-hybridized carbons (Fsp3) is 1.00. The maximum atomic E-state index is 6.19. The highest BCUT2D eigenvalue weighted by Crippen LogP contribution is 2.34. The summed E-state index contributed by atoms with van der Waals surface area (Å²) in [5.74, 6) is 0. The van der Waals surface area contributed by atoms with Crippen molar-refractivity contribution in [3.05, 3.63) is 0 Å². The smallest absolute Gasteiger partial charge is 0.380 e. The molecule has 0 aromatic rings. The van der Waals surface area contributed by atoms with Gasteiger partial charge >= 0.3 is 8.80 Å². The van der Waals surface area contributed by atoms with Gasteiger partial charge in [0.1, 0.15) is 0 Å². The quantitative estimate of drug-likeness (QED) is 0.630. The molecule has 0 N–H and O–H groups in total. The fourth-order valence-electron chi connectivity index (χ4n) is 1.91. The van der Waals surface area contributed by atoms with Crippen LogP contribution in [0.1, 0.15) is 34.6 Å². The van der Waals surface area contributed by atoms with E-state index in [9.17, 15) is 0 Å². The van der Waals surface area contributed by atoms with E-state index in [1.165, 1.54) is 0 Å². The van der Waals surface area contributed by atoms with Crippen molar-refractivity contribution in [2.45, 2.75) is 46.8 Å². The van der Waals surface area contributed by atoms with Gasteiger partial charge in [0.25, 0.3) is 0 Å². The molecule has 0 aliphatic carbocycles. The Labute approximate surface area is 106 Å². The highest BCUT2D eigenvalue weighted by Gasteiger charge is 2.47. The van der Waals surface area contributed by atoms with Crippen LogP contribution in [0.15, 0.2) is 0 Å². The van der Waals surface area contributed by atoms with E-state index in [2.05, 4.69) is 20.8 Å². The number of ether oxygens (including phenoxy) is 1. The average Bonchev–Trinajstić information content (AvgIpc) is 2.26. The first kappa shape index (κ1) is 15.1. The van der Waals surface area contributed by atoms with Gasteiger partial charge in [-0.2, -0.15) is 0 Å². The van der Waals surface area contributed by atoms with E-state index >= 15 is 0 Å². The Morgan fingerprint density at radius 2 is 1.71 bits per heavy atom. The Hall–Kier alpha value is 0.0569. The van der Waals surface area contributed by atoms with Crippen LogP contribution in [-0.2, 0) is 18.0 Å². The molecule has 17 heavy (non-hydrogen) atoms. The van der Waals surface area contributed by atoms with Crippen molar-refractivity contribution in [1.82, 2.24) is 0 Å². The molecule has 1 heterocycles. The summed E-state index contributed by atoms with van der Waals surface area (Å²) in [4.78, 5) is 0. The molecule has 5 heteroatoms. The average molecular weight is 262 g/mol. The van der Waals surface area contributed by atoms with Gasteiger partial charge in [0.15, 0.2) is 0 Å². The second-order valence-electron chi connectivity index (χ2n) is 4.81. The first-order valence-corrected chi connectivity index (χ1v) is 8.48. The Bertz CT molecular complexity index is 225. The van der Waals surface area contributed by atoms with E-state index < -0.39 is 8.80 Å². The lowest BCUT2D eigenvalue weighted by Crippen LogP contribution is -2.56. The minimum absolute atomic E-state index is 0.112. The summed E-state index contributed by atoms with van der Waals surface area (Å²) in [5, 5.41) is 0. The second-order valence-corrected chi connectivity index (χ2v) is 7.70. The molecule has 0 spiro atoms. The molecule has 4 nitrogen and oxygen atoms in total. The Morgan fingerprint density at radius 3 is 2.00 bits per heavy atom. The molecule has 1 unspecified atom stereocenters. The van der Waals surface area contributed by atoms with Crippen LogP contribution in [0.2, 0.25) is 6.04 Å². The summed E-state index contributed by atoms with van der Waals surface area (Å²) in [7, 11) is -2.48. The van der Waals surface area contributed by atoms with Gasteiger partial charge < -0.3 is 18.0 Å². The Balaban J connectivity index is 2.63. The van der Waals surface area contributed by atoms with Crippen LogP contribution in [-0.4, -0.2) is 41.3 Å². The lowest BCUT2D eigenvalue weighted by atomic mass is 9.83. The zero-order valence-corrected chi connectivity index (χ0v) is 12.7. The third-order valence-corrected chi connectivity index (χ3v) is 6.40. The lowest BCUT2D eigenvalue weighted by Gasteiger charge is -2.45. The largest absolute Gasteiger partial charge is 0.500 e. The molecule has 0 aromatic carbocycles. The Kier molecular flexibility index (Phi) is 5.59. The molecule has 1 saturated heterocycles. The summed E-state index contributed by atoms with van der Waals surface area (Å²) < 4.78 is 23.1. The number of rotatable bonds is 8. The van der Waals surface area contributed by atoms with Gasteiger partial charge in [0.05, 0.1) is 19.3 Å². The van der Waals surface area contributed by atoms with Crippen LogP contribution in [0.3, 0.4) is 0 Å². The topological polar surface area (TPSA) is 36.9 Å². The first-order chi connectivity index (χ1) is 8.02. The monoisotopic (exact) mass is 262 g/mol. The predicted octanol–water partition coefficient (Wildman–Crippen LogP) is 2.46. The summed E-state index contributed by atoms with van der Waals surface area (Å²) >= 11 is 0. The molecule has 1 aliphatic heterocycles. The van der Waals surface area contributed by atoms with Crippen LogP contribution in [0.5, 0.6) is 0 Å². The van der Waals surface area contributed by atoms with E-state index in [4.69, 9.17) is 18.0 Å². The van der Waals surface area contributed by atoms with E-state index in [1.54, 1.807) is 0 Å². The third-order valence-electron chi connectivity index (χ3n) is 3.36. The summed E-state index contributed by atoms with van der Waals surface area (Å²) in [6.07, 6.45) is 0.112. The molecule has 0 aromatic heterocycles. The summed E-state index contributed by atoms with van der Waals surface area (Å²) in [6.45, 7) is 13.1. The van der Waals surface area contributed by atoms with Crippen molar-refractivity contribution in [3.8, 4) is 0 Å². The zero-order valence-electron chi connectivity index (χ0n) is 11.7. The van der Waals surface area contributed by atoms with Gasteiger partial charge in [-0.25, -0.2) is 0 Å². The second kappa shape index (κ2) is 6.29. The molecule has 0 bridgehead atoms. The van der Waals surface area contributed by atoms with Crippen LogP contribution >= 0.6 is 0 Å². The van der Waals surface area contributed by atoms with Gasteiger partial charge in [-0.05, 0) is 20.8 Å². The minimum atomic E-state index is -2.48. The van der Waals surface area contributed by atoms with Crippen molar-refractivity contribution in [3.63, 3.8) is 0 Å². The number of hydrogen-bond acceptors (Lipinski definition) is 4. The molecule has 1 aliphatic rings. The lowest BCUT2D eigenvalue weighted by molar-refractivity contribution is -0.160. The molecule has 102 valence electrons. The zero-order chi connectivity index (χ0) is 12.9. The maximum Gasteiger partial charge on any atom is 0.500 e. The highest BCUT2D eigenvalue weighted by molar-refractivity contribution is 6.60. The van der Waals surface area contributed by atoms with E-state index in [0.717, 1.165) is 19.3 Å². The van der Waals surface area contributed by atoms with Crippen molar-refractivity contribution in [2.75, 3.05) is 26.4 Å². The van der Waals surface area contributed by atoms with Gasteiger partial charge in [-0.15, -0.1) is 0 Å². The fourth-order valence-corrected chi connectivity index (χ4v) is 4.40. The van der Waals surface area contributed by atoms with E-state index in [1.807, 2.05) is 13.8 Å². The predicted molar refractivity (Wildman–Crippen MR) is 69.0 cm³/mol. The van der Waals surface area contributed by atoms with Crippen molar-refractivity contribution >= 4 is 8.80 Å². The van der Waals surface area contributed by atoms with Gasteiger partial charge in [0.2, 0.25) is 0 Å². The van der Waals surface area contributed by atoms with Crippen LogP contribution < -0.4 is 0 Å². The van der Waals surface area contributed by atoms with Crippen LogP contribution in [0, 0.1) is 5.41 Å². The van der Waals surface area contributed by atoms with Crippen molar-refractivity contribution in [1.29, 1.82) is 0 Å². The Morgan fingerprint density at radius 1 is 1.18 bits per heavy atom. The maximum absolute atomic E-state index is 6.19. The van der Waals surface area contributed by atoms with Crippen LogP contribution in [0.4, 0.5) is 0 Å². The third kappa shape index (κ3) is 3.51. The van der Waals surface area contributed by atoms with Crippen molar-refractivity contribution < 1.29 is 18.0 Å². The minimum Gasteiger partial charge on any atom is -0.380 e. The molecular formula is C12H26O4Si. The molecule has 1 atom stereocenters. The molecule has 1 rings (SSSR count). The van der Waals surface area contributed by atoms with Gasteiger partial charge in [-0.3, -0.25) is 0 Å². The standard InChI is InChI=1S/C12H26O4Si/c1-6-14-17(8-3,15-7-2)16-11(4)12(5)9-13-10-12/h11H,6-10H2,1-5H3. The van der Waals surface area contributed by atoms with Gasteiger partial charge in [-0.1, -0.05) is 13.8 Å². The summed E-state index contributed by atoms with van der Waals surface area (Å²) in [6, 6.07) is 0.815. The molecule has 1 fully saturated rings. The first-order valence-electron chi connectivity index (χ1n) is 6.55. The SMILES string of the molecule is CCO[Si](CC)(OCC)OC(C)C1(C)COC1. The van der Waals surface area contributed by atoms with Crippen molar-refractivity contribution in [2.24, 2.45) is 5.41 Å².